The standard InChI is InChI=1S/C9H11O.3CHO.Fe/c1-3-5-6-7-8-9(10)4-2;3*1-2;/h3-8H,2H2,1H3;3*1H;. The van der Waals surface area contributed by atoms with Crippen LogP contribution in [0.2, 0.25) is 4.82 Å². The second-order valence-corrected chi connectivity index (χ2v) is 6.54. The molecule has 0 aromatic heterocycles. The molecule has 1 unspecified atom stereocenters. The summed E-state index contributed by atoms with van der Waals surface area (Å²) in [5.41, 5.74) is 0. The van der Waals surface area contributed by atoms with E-state index >= 15 is 0 Å². The SMILES string of the molecule is C=CC(=O)[CH](C=CC=CC)[Fe]([CH]=O)([CH]=O)[CH]=O. The Morgan fingerprint density at radius 2 is 1.65 bits per heavy atom. The fraction of sp³-hybridized carbons (Fsp3) is 0.167. The van der Waals surface area contributed by atoms with Gasteiger partial charge in [0.25, 0.3) is 0 Å². The summed E-state index contributed by atoms with van der Waals surface area (Å²) in [5.74, 6) is -0.503. The fourth-order valence-corrected chi connectivity index (χ4v) is 2.82. The molecular weight excluding hydrogens is 264 g/mol. The monoisotopic (exact) mass is 278 g/mol. The molecule has 0 radical (unpaired) electrons. The van der Waals surface area contributed by atoms with Crippen LogP contribution in [0, 0.1) is 0 Å². The van der Waals surface area contributed by atoms with Gasteiger partial charge in [-0.15, -0.1) is 0 Å². The molecule has 0 aromatic rings. The van der Waals surface area contributed by atoms with Gasteiger partial charge >= 0.3 is 102 Å². The molecule has 0 bridgehead atoms. The first kappa shape index (κ1) is 15.4. The van der Waals surface area contributed by atoms with Gasteiger partial charge in [0.05, 0.1) is 0 Å². The van der Waals surface area contributed by atoms with Crippen LogP contribution in [0.1, 0.15) is 6.92 Å². The number of carbonyl (C=O) groups excluding carboxylic acids is 4. The molecule has 0 rings (SSSR count). The van der Waals surface area contributed by atoms with Crippen LogP contribution in [-0.4, -0.2) is 21.3 Å². The molecule has 5 heteroatoms. The molecule has 0 fully saturated rings. The molecular formula is C12H14FeO4. The van der Waals surface area contributed by atoms with E-state index in [1.165, 1.54) is 12.2 Å². The fourth-order valence-electron chi connectivity index (χ4n) is 0.981. The van der Waals surface area contributed by atoms with E-state index in [1.807, 2.05) is 0 Å². The van der Waals surface area contributed by atoms with Crippen molar-refractivity contribution in [3.8, 4) is 0 Å². The predicted octanol–water partition coefficient (Wildman–Crippen LogP) is 1.39. The van der Waals surface area contributed by atoms with Crippen molar-refractivity contribution in [1.82, 2.24) is 0 Å². The van der Waals surface area contributed by atoms with Crippen LogP contribution in [0.4, 0.5) is 0 Å². The van der Waals surface area contributed by atoms with Crippen LogP contribution >= 0.6 is 0 Å². The molecule has 0 aliphatic rings. The van der Waals surface area contributed by atoms with Gasteiger partial charge in [-0.2, -0.15) is 0 Å². The van der Waals surface area contributed by atoms with Gasteiger partial charge in [-0.1, -0.05) is 0 Å². The minimum absolute atomic E-state index is 0.305. The van der Waals surface area contributed by atoms with Crippen LogP contribution in [0.25, 0.3) is 0 Å². The van der Waals surface area contributed by atoms with Crippen LogP contribution in [0.5, 0.6) is 0 Å². The molecule has 94 valence electrons. The Bertz CT molecular complexity index is 360. The van der Waals surface area contributed by atoms with Crippen molar-refractivity contribution in [2.75, 3.05) is 0 Å². The molecule has 0 amide bonds. The third kappa shape index (κ3) is 3.73. The summed E-state index contributed by atoms with van der Waals surface area (Å²) in [4.78, 5) is 43.4. The number of ketones is 1. The van der Waals surface area contributed by atoms with E-state index in [0.717, 1.165) is 6.08 Å². The van der Waals surface area contributed by atoms with Crippen LogP contribution in [0.15, 0.2) is 37.0 Å². The van der Waals surface area contributed by atoms with E-state index in [1.54, 1.807) is 19.1 Å². The normalized spacial score (nSPS) is 14.4. The van der Waals surface area contributed by atoms with Crippen molar-refractivity contribution in [2.45, 2.75) is 11.7 Å². The van der Waals surface area contributed by atoms with Gasteiger partial charge in [0.2, 0.25) is 0 Å². The molecule has 1 atom stereocenters. The Balaban J connectivity index is 5.49. The molecule has 0 N–H and O–H groups in total. The summed E-state index contributed by atoms with van der Waals surface area (Å²) in [6.07, 6.45) is 7.29. The number of rotatable bonds is 8. The summed E-state index contributed by atoms with van der Waals surface area (Å²) < 4.78 is 0. The van der Waals surface area contributed by atoms with E-state index in [-0.39, 0.29) is 0 Å². The van der Waals surface area contributed by atoms with Gasteiger partial charge in [0.1, 0.15) is 0 Å². The third-order valence-corrected chi connectivity index (χ3v) is 4.93. The van der Waals surface area contributed by atoms with Crippen molar-refractivity contribution in [3.63, 3.8) is 0 Å². The zero-order chi connectivity index (χ0) is 13.3. The summed E-state index contributed by atoms with van der Waals surface area (Å²) in [6, 6.07) is 0. The number of hydrogen-bond donors (Lipinski definition) is 0. The van der Waals surface area contributed by atoms with E-state index in [0.29, 0.717) is 15.6 Å². The first-order valence-electron chi connectivity index (χ1n) is 4.62. The van der Waals surface area contributed by atoms with Gasteiger partial charge < -0.3 is 0 Å². The van der Waals surface area contributed by atoms with Crippen LogP contribution in [0.3, 0.4) is 0 Å². The second kappa shape index (κ2) is 7.65. The Hall–Kier alpha value is -1.58. The van der Waals surface area contributed by atoms with E-state index in [4.69, 9.17) is 0 Å². The van der Waals surface area contributed by atoms with Crippen LogP contribution in [-0.2, 0) is 32.0 Å². The van der Waals surface area contributed by atoms with Crippen molar-refractivity contribution < 1.29 is 32.0 Å². The van der Waals surface area contributed by atoms with Crippen molar-refractivity contribution >= 4 is 21.3 Å². The summed E-state index contributed by atoms with van der Waals surface area (Å²) >= 11 is -3.40. The summed E-state index contributed by atoms with van der Waals surface area (Å²) in [6.45, 7) is 5.07. The van der Waals surface area contributed by atoms with Gasteiger partial charge in [0, 0.05) is 0 Å². The number of carbonyl (C=O) groups is 4. The third-order valence-electron chi connectivity index (χ3n) is 1.86. The molecule has 0 heterocycles. The number of allylic oxidation sites excluding steroid dienone is 5. The molecule has 0 spiro atoms. The van der Waals surface area contributed by atoms with E-state index in [2.05, 4.69) is 6.58 Å². The first-order valence-corrected chi connectivity index (χ1v) is 7.17. The first-order chi connectivity index (χ1) is 8.11. The molecule has 0 saturated heterocycles. The van der Waals surface area contributed by atoms with Crippen molar-refractivity contribution in [1.29, 1.82) is 0 Å². The molecule has 17 heavy (non-hydrogen) atoms. The molecule has 0 saturated carbocycles. The minimum atomic E-state index is -3.40. The van der Waals surface area contributed by atoms with Crippen molar-refractivity contribution in [2.24, 2.45) is 0 Å². The quantitative estimate of drug-likeness (QED) is 0.291. The van der Waals surface area contributed by atoms with E-state index < -0.39 is 23.4 Å². The van der Waals surface area contributed by atoms with Gasteiger partial charge in [-0.3, -0.25) is 0 Å². The Morgan fingerprint density at radius 1 is 1.12 bits per heavy atom. The maximum absolute atomic E-state index is 11.6. The maximum atomic E-state index is 11.6. The van der Waals surface area contributed by atoms with E-state index in [9.17, 15) is 19.2 Å². The molecule has 0 aliphatic heterocycles. The van der Waals surface area contributed by atoms with Gasteiger partial charge in [-0.25, -0.2) is 0 Å². The zero-order valence-corrected chi connectivity index (χ0v) is 10.5. The Labute approximate surface area is 102 Å². The van der Waals surface area contributed by atoms with Crippen molar-refractivity contribution in [3.05, 3.63) is 37.0 Å². The predicted molar refractivity (Wildman–Crippen MR) is 63.2 cm³/mol. The molecule has 0 aromatic carbocycles. The topological polar surface area (TPSA) is 68.3 Å². The summed E-state index contributed by atoms with van der Waals surface area (Å²) in [7, 11) is 0. The average molecular weight is 278 g/mol. The second-order valence-electron chi connectivity index (χ2n) is 2.86. The molecule has 4 nitrogen and oxygen atoms in total. The number of hydrogen-bond acceptors (Lipinski definition) is 4. The zero-order valence-electron chi connectivity index (χ0n) is 9.39. The molecule has 0 aliphatic carbocycles. The van der Waals surface area contributed by atoms with Crippen LogP contribution < -0.4 is 0 Å². The Morgan fingerprint density at radius 3 is 2.00 bits per heavy atom. The average Bonchev–Trinajstić information content (AvgIpc) is 2.38. The van der Waals surface area contributed by atoms with Gasteiger partial charge in [-0.05, 0) is 0 Å². The van der Waals surface area contributed by atoms with Gasteiger partial charge in [0.15, 0.2) is 0 Å². The Kier molecular flexibility index (Phi) is 6.94. The summed E-state index contributed by atoms with van der Waals surface area (Å²) in [5, 5.41) is 0.914.